The molecule has 0 aliphatic carbocycles. The summed E-state index contributed by atoms with van der Waals surface area (Å²) in [6.07, 6.45) is 0.716. The number of aliphatic hydroxyl groups is 2. The fourth-order valence-electron chi connectivity index (χ4n) is 8.56. The average molecular weight is 1090 g/mol. The highest BCUT2D eigenvalue weighted by atomic mass is 16.3. The number of hydrogen-bond donors (Lipinski definition) is 12. The molecule has 24 heteroatoms. The van der Waals surface area contributed by atoms with Gasteiger partial charge in [-0.1, -0.05) is 68.7 Å². The molecule has 0 saturated carbocycles. The van der Waals surface area contributed by atoms with Crippen LogP contribution in [0.25, 0.3) is 0 Å². The molecule has 0 aromatic rings. The summed E-state index contributed by atoms with van der Waals surface area (Å²) in [5, 5.41) is 46.2. The molecule has 0 bridgehead atoms. The van der Waals surface area contributed by atoms with Gasteiger partial charge in [0.25, 0.3) is 0 Å². The van der Waals surface area contributed by atoms with Crippen molar-refractivity contribution >= 4 is 65.0 Å². The van der Waals surface area contributed by atoms with Crippen LogP contribution in [0.2, 0.25) is 0 Å². The number of carbonyl (C=O) groups excluding carboxylic acids is 11. The van der Waals surface area contributed by atoms with Crippen LogP contribution in [0.1, 0.15) is 163 Å². The highest BCUT2D eigenvalue weighted by Gasteiger charge is 2.45. The average Bonchev–Trinajstić information content (AvgIpc) is 3.82. The number of nitrogens with zero attached hydrogens (tertiary/aromatic N) is 1. The van der Waals surface area contributed by atoms with Crippen LogP contribution in [-0.4, -0.2) is 165 Å². The largest absolute Gasteiger partial charge is 0.394 e. The van der Waals surface area contributed by atoms with Crippen LogP contribution in [-0.2, 0) is 52.7 Å². The maximum atomic E-state index is 14.3. The summed E-state index contributed by atoms with van der Waals surface area (Å²) < 4.78 is 0. The molecule has 440 valence electrons. The number of carbonyl (C=O) groups is 11. The van der Waals surface area contributed by atoms with Gasteiger partial charge >= 0.3 is 0 Å². The molecule has 24 nitrogen and oxygen atoms in total. The second-order valence-corrected chi connectivity index (χ2v) is 23.2. The predicted octanol–water partition coefficient (Wildman–Crippen LogP) is -0.326. The molecule has 1 saturated heterocycles. The predicted molar refractivity (Wildman–Crippen MR) is 289 cm³/mol. The SMILES string of the molecule is CC[C@H](C)[C@H](NC(=O)[C@H](C)NC(=O)C(C)(C)NC(=O)[C@H](CC(C)C)NC(C)=O)C(=O)NC(C)(C)C(=O)N1CCC[C@H]1C(=O)N[C@@H](CC(C)C)C(=O)N[C@@](C)(CC)C(=O)NCC(=O)N[C@H](C(=O)N[C@H](CO)CC(C)C)[C@@H](C)O. The van der Waals surface area contributed by atoms with Crippen LogP contribution in [0, 0.1) is 23.7 Å². The lowest BCUT2D eigenvalue weighted by molar-refractivity contribution is -0.146. The van der Waals surface area contributed by atoms with E-state index in [1.54, 1.807) is 20.8 Å². The number of amides is 11. The first-order chi connectivity index (χ1) is 35.5. The normalized spacial score (nSPS) is 17.7. The van der Waals surface area contributed by atoms with Gasteiger partial charge in [-0.15, -0.1) is 0 Å². The molecular formula is C53H95N11O13. The first-order valence-electron chi connectivity index (χ1n) is 27.1. The van der Waals surface area contributed by atoms with E-state index in [0.717, 1.165) is 0 Å². The Labute approximate surface area is 455 Å². The van der Waals surface area contributed by atoms with E-state index in [-0.39, 0.29) is 50.2 Å². The zero-order valence-corrected chi connectivity index (χ0v) is 48.8. The zero-order valence-electron chi connectivity index (χ0n) is 48.8. The minimum atomic E-state index is -1.62. The van der Waals surface area contributed by atoms with Crippen molar-refractivity contribution in [2.75, 3.05) is 19.7 Å². The topological polar surface area (TPSA) is 352 Å². The van der Waals surface area contributed by atoms with Gasteiger partial charge in [-0.25, -0.2) is 0 Å². The lowest BCUT2D eigenvalue weighted by Crippen LogP contribution is -2.64. The van der Waals surface area contributed by atoms with Gasteiger partial charge in [-0.2, -0.15) is 0 Å². The van der Waals surface area contributed by atoms with E-state index in [2.05, 4.69) is 53.2 Å². The minimum absolute atomic E-state index is 0.0503. The molecule has 1 heterocycles. The van der Waals surface area contributed by atoms with E-state index in [9.17, 15) is 63.0 Å². The van der Waals surface area contributed by atoms with Gasteiger partial charge < -0.3 is 68.3 Å². The van der Waals surface area contributed by atoms with Crippen molar-refractivity contribution in [1.29, 1.82) is 0 Å². The van der Waals surface area contributed by atoms with Crippen molar-refractivity contribution in [3.63, 3.8) is 0 Å². The highest BCUT2D eigenvalue weighted by Crippen LogP contribution is 2.24. The summed E-state index contributed by atoms with van der Waals surface area (Å²) >= 11 is 0. The van der Waals surface area contributed by atoms with Crippen molar-refractivity contribution in [2.45, 2.75) is 228 Å². The fourth-order valence-corrected chi connectivity index (χ4v) is 8.56. The Balaban J connectivity index is 3.15. The Bertz CT molecular complexity index is 2080. The van der Waals surface area contributed by atoms with Gasteiger partial charge in [0.1, 0.15) is 52.9 Å². The molecule has 0 aromatic carbocycles. The van der Waals surface area contributed by atoms with Gasteiger partial charge in [0.15, 0.2) is 0 Å². The number of hydrogen-bond acceptors (Lipinski definition) is 13. The molecule has 0 radical (unpaired) electrons. The Morgan fingerprint density at radius 3 is 1.62 bits per heavy atom. The van der Waals surface area contributed by atoms with Crippen LogP contribution in [0.15, 0.2) is 0 Å². The molecule has 12 N–H and O–H groups in total. The molecule has 77 heavy (non-hydrogen) atoms. The summed E-state index contributed by atoms with van der Waals surface area (Å²) in [5.41, 5.74) is -4.73. The Morgan fingerprint density at radius 1 is 0.597 bits per heavy atom. The third-order valence-electron chi connectivity index (χ3n) is 13.5. The van der Waals surface area contributed by atoms with Gasteiger partial charge in [0.2, 0.25) is 65.0 Å². The lowest BCUT2D eigenvalue weighted by atomic mass is 9.95. The molecule has 11 amide bonds. The molecule has 1 aliphatic rings. The van der Waals surface area contributed by atoms with E-state index in [1.165, 1.54) is 60.3 Å². The van der Waals surface area contributed by atoms with Crippen LogP contribution in [0.5, 0.6) is 0 Å². The Morgan fingerprint density at radius 2 is 1.13 bits per heavy atom. The first kappa shape index (κ1) is 69.1. The van der Waals surface area contributed by atoms with Crippen LogP contribution in [0.3, 0.4) is 0 Å². The van der Waals surface area contributed by atoms with Gasteiger partial charge in [0.05, 0.1) is 25.3 Å². The van der Waals surface area contributed by atoms with E-state index in [0.29, 0.717) is 25.7 Å². The molecule has 1 aliphatic heterocycles. The second kappa shape index (κ2) is 30.9. The fraction of sp³-hybridized carbons (Fsp3) is 0.792. The Kier molecular flexibility index (Phi) is 27.7. The van der Waals surface area contributed by atoms with Crippen molar-refractivity contribution in [3.8, 4) is 0 Å². The summed E-state index contributed by atoms with van der Waals surface area (Å²) in [7, 11) is 0. The first-order valence-corrected chi connectivity index (χ1v) is 27.1. The summed E-state index contributed by atoms with van der Waals surface area (Å²) in [6, 6.07) is -7.49. The molecule has 10 atom stereocenters. The number of nitrogens with one attached hydrogen (secondary N) is 10. The maximum absolute atomic E-state index is 14.3. The van der Waals surface area contributed by atoms with Crippen LogP contribution < -0.4 is 53.2 Å². The van der Waals surface area contributed by atoms with E-state index in [1.807, 2.05) is 41.5 Å². The maximum Gasteiger partial charge on any atom is 0.248 e. The van der Waals surface area contributed by atoms with Crippen LogP contribution in [0.4, 0.5) is 0 Å². The van der Waals surface area contributed by atoms with E-state index < -0.39 is 142 Å². The van der Waals surface area contributed by atoms with Gasteiger partial charge in [-0.05, 0) is 111 Å². The van der Waals surface area contributed by atoms with Crippen LogP contribution >= 0.6 is 0 Å². The van der Waals surface area contributed by atoms with Crippen molar-refractivity contribution < 1.29 is 63.0 Å². The second-order valence-electron chi connectivity index (χ2n) is 23.2. The summed E-state index contributed by atoms with van der Waals surface area (Å²) in [5.74, 6) is -7.77. The monoisotopic (exact) mass is 1090 g/mol. The molecule has 0 aromatic heterocycles. The molecule has 1 rings (SSSR count). The molecular weight excluding hydrogens is 999 g/mol. The molecule has 0 unspecified atom stereocenters. The molecule has 1 fully saturated rings. The van der Waals surface area contributed by atoms with Gasteiger partial charge in [-0.3, -0.25) is 52.7 Å². The quantitative estimate of drug-likeness (QED) is 0.0424. The third-order valence-corrected chi connectivity index (χ3v) is 13.5. The van der Waals surface area contributed by atoms with Crippen molar-refractivity contribution in [2.24, 2.45) is 23.7 Å². The van der Waals surface area contributed by atoms with E-state index in [4.69, 9.17) is 0 Å². The zero-order chi connectivity index (χ0) is 59.5. The summed E-state index contributed by atoms with van der Waals surface area (Å²) in [6.45, 7) is 26.8. The smallest absolute Gasteiger partial charge is 0.248 e. The minimum Gasteiger partial charge on any atom is -0.394 e. The lowest BCUT2D eigenvalue weighted by Gasteiger charge is -2.36. The van der Waals surface area contributed by atoms with Crippen molar-refractivity contribution in [1.82, 2.24) is 58.1 Å². The standard InChI is InChI=1S/C53H95N11O13/c1-18-31(9)40(60-42(69)32(10)55-48(75)51(13,14)61-43(70)36(24-29(5)6)56-34(12)67)47(74)62-52(15,16)50(77)64-22-20-21-38(64)45(72)58-37(25-30(7)8)44(71)63-53(17,19-2)49(76)54-26-39(68)59-41(33(11)66)46(73)57-35(27-65)23-28(3)4/h28-33,35-38,40-41,65-66H,18-27H2,1-17H3,(H,54,76)(H,55,75)(H,56,67)(H,57,73)(H,58,72)(H,59,68)(H,60,69)(H,61,70)(H,62,74)(H,63,71)/t31-,32-,33+,35-,36-,37-,38-,40-,41-,53-/m0/s1. The molecule has 0 spiro atoms. The van der Waals surface area contributed by atoms with Crippen molar-refractivity contribution in [3.05, 3.63) is 0 Å². The number of rotatable bonds is 31. The Hall–Kier alpha value is -5.91. The van der Waals surface area contributed by atoms with E-state index >= 15 is 0 Å². The number of aliphatic hydroxyl groups excluding tert-OH is 2. The summed E-state index contributed by atoms with van der Waals surface area (Å²) in [4.78, 5) is 149. The highest BCUT2D eigenvalue weighted by molar-refractivity contribution is 6.00. The third kappa shape index (κ3) is 22.2. The van der Waals surface area contributed by atoms with Gasteiger partial charge in [0, 0.05) is 13.5 Å². The number of likely N-dealkylation sites (tertiary alicyclic amines) is 1.